The smallest absolute Gasteiger partial charge is 0.245 e. The second-order valence-electron chi connectivity index (χ2n) is 7.75. The topological polar surface area (TPSA) is 85.6 Å². The third kappa shape index (κ3) is 5.34. The Labute approximate surface area is 177 Å². The first-order valence-electron chi connectivity index (χ1n) is 10.6. The lowest BCUT2D eigenvalue weighted by Gasteiger charge is -2.31. The molecular weight excluding hydrogens is 382 g/mol. The van der Waals surface area contributed by atoms with E-state index in [1.165, 1.54) is 6.42 Å². The van der Waals surface area contributed by atoms with Crippen LogP contribution in [0.2, 0.25) is 0 Å². The Balaban J connectivity index is 1.91. The molecule has 7 nitrogen and oxygen atoms in total. The van der Waals surface area contributed by atoms with Crippen LogP contribution in [-0.2, 0) is 11.2 Å². The standard InChI is InChI=1S/C23H29N3O4/c1-3-20(26(28)29)22-21(25-15-5-4-6-16-25)13-14-24-23(22)30-19-11-9-18(10-12-19)8-7-17(2)27/h9-14,20H,3-8,15-16H2,1-2H3. The lowest BCUT2D eigenvalue weighted by Crippen LogP contribution is -2.31. The lowest BCUT2D eigenvalue weighted by molar-refractivity contribution is -0.529. The van der Waals surface area contributed by atoms with Crippen molar-refractivity contribution in [2.45, 2.75) is 58.4 Å². The van der Waals surface area contributed by atoms with Crippen LogP contribution in [-0.4, -0.2) is 28.8 Å². The quantitative estimate of drug-likeness (QED) is 0.421. The molecule has 2 aromatic rings. The number of nitro groups is 1. The predicted molar refractivity (Wildman–Crippen MR) is 116 cm³/mol. The van der Waals surface area contributed by atoms with E-state index in [0.717, 1.165) is 37.2 Å². The first-order chi connectivity index (χ1) is 14.5. The number of hydrogen-bond acceptors (Lipinski definition) is 6. The van der Waals surface area contributed by atoms with Gasteiger partial charge >= 0.3 is 0 Å². The first-order valence-corrected chi connectivity index (χ1v) is 10.6. The highest BCUT2D eigenvalue weighted by molar-refractivity contribution is 5.75. The summed E-state index contributed by atoms with van der Waals surface area (Å²) in [6, 6.07) is 8.46. The van der Waals surface area contributed by atoms with Crippen molar-refractivity contribution in [1.29, 1.82) is 0 Å². The number of aromatic nitrogens is 1. The van der Waals surface area contributed by atoms with Crippen LogP contribution in [0.25, 0.3) is 0 Å². The van der Waals surface area contributed by atoms with Crippen LogP contribution >= 0.6 is 0 Å². The molecule has 3 rings (SSSR count). The second kappa shape index (κ2) is 10.2. The summed E-state index contributed by atoms with van der Waals surface area (Å²) >= 11 is 0. The van der Waals surface area contributed by atoms with E-state index in [2.05, 4.69) is 9.88 Å². The van der Waals surface area contributed by atoms with E-state index >= 15 is 0 Å². The highest BCUT2D eigenvalue weighted by atomic mass is 16.6. The molecule has 1 unspecified atom stereocenters. The van der Waals surface area contributed by atoms with Crippen LogP contribution in [0, 0.1) is 10.1 Å². The number of rotatable bonds is 9. The molecule has 1 saturated heterocycles. The summed E-state index contributed by atoms with van der Waals surface area (Å²) in [5, 5.41) is 11.8. The summed E-state index contributed by atoms with van der Waals surface area (Å²) in [6.45, 7) is 5.17. The van der Waals surface area contributed by atoms with Crippen LogP contribution in [0.1, 0.15) is 63.1 Å². The van der Waals surface area contributed by atoms with Crippen molar-refractivity contribution in [2.75, 3.05) is 18.0 Å². The molecule has 0 spiro atoms. The maximum atomic E-state index is 11.8. The average molecular weight is 412 g/mol. The zero-order valence-corrected chi connectivity index (χ0v) is 17.7. The fourth-order valence-corrected chi connectivity index (χ4v) is 3.86. The summed E-state index contributed by atoms with van der Waals surface area (Å²) in [5.41, 5.74) is 2.44. The Hall–Kier alpha value is -2.96. The van der Waals surface area contributed by atoms with E-state index in [0.29, 0.717) is 30.6 Å². The molecule has 0 N–H and O–H groups in total. The van der Waals surface area contributed by atoms with E-state index in [1.54, 1.807) is 13.1 Å². The number of pyridine rings is 1. The fourth-order valence-electron chi connectivity index (χ4n) is 3.86. The molecule has 7 heteroatoms. The van der Waals surface area contributed by atoms with Gasteiger partial charge in [0, 0.05) is 37.1 Å². The normalized spacial score (nSPS) is 14.9. The summed E-state index contributed by atoms with van der Waals surface area (Å²) in [5.74, 6) is 1.02. The zero-order valence-electron chi connectivity index (χ0n) is 17.7. The molecule has 0 aliphatic carbocycles. The van der Waals surface area contributed by atoms with Crippen molar-refractivity contribution < 1.29 is 14.5 Å². The zero-order chi connectivity index (χ0) is 21.5. The van der Waals surface area contributed by atoms with Crippen molar-refractivity contribution in [2.24, 2.45) is 0 Å². The van der Waals surface area contributed by atoms with Gasteiger partial charge in [-0.25, -0.2) is 4.98 Å². The number of Topliss-reactive ketones (excluding diaryl/α,β-unsaturated/α-hetero) is 1. The van der Waals surface area contributed by atoms with Gasteiger partial charge in [-0.2, -0.15) is 0 Å². The molecule has 1 aromatic carbocycles. The van der Waals surface area contributed by atoms with Gasteiger partial charge in [-0.3, -0.25) is 10.1 Å². The van der Waals surface area contributed by atoms with Crippen molar-refractivity contribution in [1.82, 2.24) is 4.98 Å². The second-order valence-corrected chi connectivity index (χ2v) is 7.75. The Kier molecular flexibility index (Phi) is 7.38. The Morgan fingerprint density at radius 1 is 1.20 bits per heavy atom. The number of ketones is 1. The minimum atomic E-state index is -0.875. The lowest BCUT2D eigenvalue weighted by atomic mass is 10.0. The summed E-state index contributed by atoms with van der Waals surface area (Å²) in [4.78, 5) is 29.3. The van der Waals surface area contributed by atoms with Crippen LogP contribution in [0.4, 0.5) is 5.69 Å². The number of nitrogens with zero attached hydrogens (tertiary/aromatic N) is 3. The van der Waals surface area contributed by atoms with Gasteiger partial charge in [0.2, 0.25) is 11.9 Å². The third-order valence-electron chi connectivity index (χ3n) is 5.51. The molecule has 2 heterocycles. The molecule has 30 heavy (non-hydrogen) atoms. The minimum Gasteiger partial charge on any atom is -0.438 e. The third-order valence-corrected chi connectivity index (χ3v) is 5.51. The average Bonchev–Trinajstić information content (AvgIpc) is 2.75. The number of aryl methyl sites for hydroxylation is 1. The van der Waals surface area contributed by atoms with E-state index in [-0.39, 0.29) is 16.6 Å². The highest BCUT2D eigenvalue weighted by Gasteiger charge is 2.31. The Bertz CT molecular complexity index is 877. The number of anilines is 1. The maximum absolute atomic E-state index is 11.8. The van der Waals surface area contributed by atoms with Gasteiger partial charge in [0.1, 0.15) is 17.1 Å². The summed E-state index contributed by atoms with van der Waals surface area (Å²) in [7, 11) is 0. The molecule has 0 amide bonds. The predicted octanol–water partition coefficient (Wildman–Crippen LogP) is 5.11. The monoisotopic (exact) mass is 411 g/mol. The van der Waals surface area contributed by atoms with Crippen LogP contribution in [0.15, 0.2) is 36.5 Å². The Morgan fingerprint density at radius 3 is 2.50 bits per heavy atom. The van der Waals surface area contributed by atoms with Gasteiger partial charge in [0.25, 0.3) is 0 Å². The van der Waals surface area contributed by atoms with E-state index in [1.807, 2.05) is 37.3 Å². The Morgan fingerprint density at radius 2 is 1.90 bits per heavy atom. The molecule has 1 aliphatic heterocycles. The molecular formula is C23H29N3O4. The maximum Gasteiger partial charge on any atom is 0.245 e. The molecule has 1 aliphatic rings. The van der Waals surface area contributed by atoms with Crippen LogP contribution in [0.3, 0.4) is 0 Å². The van der Waals surface area contributed by atoms with E-state index in [4.69, 9.17) is 4.74 Å². The van der Waals surface area contributed by atoms with Gasteiger partial charge in [-0.15, -0.1) is 0 Å². The van der Waals surface area contributed by atoms with Gasteiger partial charge < -0.3 is 14.4 Å². The SMILES string of the molecule is CCC(c1c(N2CCCCC2)ccnc1Oc1ccc(CCC(C)=O)cc1)[N+](=O)[O-]. The molecule has 0 bridgehead atoms. The number of benzene rings is 1. The number of piperidine rings is 1. The number of ether oxygens (including phenoxy) is 1. The van der Waals surface area contributed by atoms with Crippen LogP contribution in [0.5, 0.6) is 11.6 Å². The van der Waals surface area contributed by atoms with Crippen molar-refractivity contribution in [3.8, 4) is 11.6 Å². The summed E-state index contributed by atoms with van der Waals surface area (Å²) in [6.07, 6.45) is 6.55. The molecule has 1 fully saturated rings. The largest absolute Gasteiger partial charge is 0.438 e. The van der Waals surface area contributed by atoms with Crippen LogP contribution < -0.4 is 9.64 Å². The van der Waals surface area contributed by atoms with E-state index < -0.39 is 6.04 Å². The molecule has 160 valence electrons. The minimum absolute atomic E-state index is 0.157. The number of carbonyl (C=O) groups excluding carboxylic acids is 1. The number of carbonyl (C=O) groups is 1. The molecule has 0 saturated carbocycles. The summed E-state index contributed by atoms with van der Waals surface area (Å²) < 4.78 is 6.05. The molecule has 0 radical (unpaired) electrons. The molecule has 1 atom stereocenters. The van der Waals surface area contributed by atoms with Crippen molar-refractivity contribution in [3.63, 3.8) is 0 Å². The first kappa shape index (κ1) is 21.7. The van der Waals surface area contributed by atoms with Crippen molar-refractivity contribution >= 4 is 11.5 Å². The van der Waals surface area contributed by atoms with Gasteiger partial charge in [-0.1, -0.05) is 19.1 Å². The number of hydrogen-bond donors (Lipinski definition) is 0. The van der Waals surface area contributed by atoms with Crippen molar-refractivity contribution in [3.05, 3.63) is 57.8 Å². The van der Waals surface area contributed by atoms with Gasteiger partial charge in [-0.05, 0) is 56.4 Å². The van der Waals surface area contributed by atoms with Gasteiger partial charge in [0.15, 0.2) is 0 Å². The fraction of sp³-hybridized carbons (Fsp3) is 0.478. The molecule has 1 aromatic heterocycles. The van der Waals surface area contributed by atoms with E-state index in [9.17, 15) is 14.9 Å². The highest BCUT2D eigenvalue weighted by Crippen LogP contribution is 2.39. The van der Waals surface area contributed by atoms with Gasteiger partial charge in [0.05, 0.1) is 5.69 Å².